The van der Waals surface area contributed by atoms with E-state index in [1.165, 1.54) is 29.3 Å². The molecule has 1 aliphatic heterocycles. The van der Waals surface area contributed by atoms with E-state index in [2.05, 4.69) is 47.8 Å². The second-order valence-corrected chi connectivity index (χ2v) is 8.85. The molecule has 1 saturated heterocycles. The summed E-state index contributed by atoms with van der Waals surface area (Å²) in [6.07, 6.45) is 6.37. The number of pyridine rings is 1. The molecule has 1 fully saturated rings. The van der Waals surface area contributed by atoms with Crippen LogP contribution in [0.4, 0.5) is 0 Å². The predicted molar refractivity (Wildman–Crippen MR) is 119 cm³/mol. The Balaban J connectivity index is 1.42. The van der Waals surface area contributed by atoms with Crippen LogP contribution in [0.2, 0.25) is 0 Å². The number of rotatable bonds is 5. The smallest absolute Gasteiger partial charge is 0.233 e. The highest BCUT2D eigenvalue weighted by atomic mass is 32.2. The standard InChI is InChI=1S/C23H28N4OS/c1-4-18-7-5-6-10-27(18)22(28)14-29-21-9-8-17(13-24-21)23-25-19-11-15(2)16(3)12-20(19)26-23/h8-9,11-13,18H,4-7,10,14H2,1-3H3,(H,25,26)/t18-/m1/s1. The number of nitrogens with one attached hydrogen (secondary N) is 1. The summed E-state index contributed by atoms with van der Waals surface area (Å²) in [6, 6.07) is 8.65. The number of imidazole rings is 1. The van der Waals surface area contributed by atoms with E-state index in [4.69, 9.17) is 4.98 Å². The Morgan fingerprint density at radius 2 is 2.07 bits per heavy atom. The molecule has 0 radical (unpaired) electrons. The maximum absolute atomic E-state index is 12.6. The number of carbonyl (C=O) groups is 1. The van der Waals surface area contributed by atoms with Crippen molar-refractivity contribution in [3.8, 4) is 11.4 Å². The number of aromatic nitrogens is 3. The van der Waals surface area contributed by atoms with E-state index < -0.39 is 0 Å². The van der Waals surface area contributed by atoms with Gasteiger partial charge in [-0.2, -0.15) is 0 Å². The van der Waals surface area contributed by atoms with E-state index in [-0.39, 0.29) is 5.91 Å². The van der Waals surface area contributed by atoms with Crippen LogP contribution in [0.5, 0.6) is 0 Å². The zero-order valence-electron chi connectivity index (χ0n) is 17.4. The van der Waals surface area contributed by atoms with E-state index in [0.29, 0.717) is 11.8 Å². The van der Waals surface area contributed by atoms with Gasteiger partial charge in [-0.15, -0.1) is 0 Å². The van der Waals surface area contributed by atoms with Gasteiger partial charge in [-0.1, -0.05) is 18.7 Å². The van der Waals surface area contributed by atoms with Crippen molar-refractivity contribution in [2.45, 2.75) is 57.5 Å². The lowest BCUT2D eigenvalue weighted by Crippen LogP contribution is -2.44. The monoisotopic (exact) mass is 408 g/mol. The van der Waals surface area contributed by atoms with Crippen molar-refractivity contribution in [1.29, 1.82) is 0 Å². The summed E-state index contributed by atoms with van der Waals surface area (Å²) in [5, 5.41) is 0.870. The van der Waals surface area contributed by atoms with Crippen molar-refractivity contribution in [3.05, 3.63) is 41.6 Å². The Hall–Kier alpha value is -2.34. The average molecular weight is 409 g/mol. The van der Waals surface area contributed by atoms with E-state index in [1.807, 2.05) is 18.3 Å². The van der Waals surface area contributed by atoms with Crippen molar-refractivity contribution >= 4 is 28.7 Å². The summed E-state index contributed by atoms with van der Waals surface area (Å²) >= 11 is 1.51. The topological polar surface area (TPSA) is 61.9 Å². The Labute approximate surface area is 176 Å². The van der Waals surface area contributed by atoms with Crippen LogP contribution in [0.1, 0.15) is 43.7 Å². The highest BCUT2D eigenvalue weighted by molar-refractivity contribution is 7.99. The molecule has 3 aromatic rings. The molecule has 0 aliphatic carbocycles. The van der Waals surface area contributed by atoms with Crippen molar-refractivity contribution in [2.75, 3.05) is 12.3 Å². The largest absolute Gasteiger partial charge is 0.339 e. The van der Waals surface area contributed by atoms with Crippen LogP contribution in [0, 0.1) is 13.8 Å². The number of piperidine rings is 1. The summed E-state index contributed by atoms with van der Waals surface area (Å²) < 4.78 is 0. The van der Waals surface area contributed by atoms with Crippen LogP contribution in [0.25, 0.3) is 22.4 Å². The van der Waals surface area contributed by atoms with Gasteiger partial charge in [0.15, 0.2) is 0 Å². The molecule has 1 N–H and O–H groups in total. The fourth-order valence-corrected chi connectivity index (χ4v) is 4.71. The van der Waals surface area contributed by atoms with Gasteiger partial charge >= 0.3 is 0 Å². The van der Waals surface area contributed by atoms with Crippen LogP contribution < -0.4 is 0 Å². The summed E-state index contributed by atoms with van der Waals surface area (Å²) in [4.78, 5) is 27.4. The molecule has 0 bridgehead atoms. The van der Waals surface area contributed by atoms with Crippen LogP contribution in [-0.2, 0) is 4.79 Å². The second kappa shape index (κ2) is 8.57. The summed E-state index contributed by atoms with van der Waals surface area (Å²) in [7, 11) is 0. The predicted octanol–water partition coefficient (Wildman–Crippen LogP) is 5.12. The molecule has 1 aliphatic rings. The lowest BCUT2D eigenvalue weighted by atomic mass is 10.0. The molecule has 5 nitrogen and oxygen atoms in total. The van der Waals surface area contributed by atoms with E-state index in [0.717, 1.165) is 53.3 Å². The third kappa shape index (κ3) is 4.32. The summed E-state index contributed by atoms with van der Waals surface area (Å²) in [5.41, 5.74) is 5.46. The number of fused-ring (bicyclic) bond motifs is 1. The van der Waals surface area contributed by atoms with Gasteiger partial charge in [0.2, 0.25) is 5.91 Å². The maximum Gasteiger partial charge on any atom is 0.233 e. The molecule has 1 amide bonds. The van der Waals surface area contributed by atoms with Crippen LogP contribution in [0.3, 0.4) is 0 Å². The van der Waals surface area contributed by atoms with Gasteiger partial charge in [-0.05, 0) is 74.9 Å². The number of hydrogen-bond acceptors (Lipinski definition) is 4. The minimum absolute atomic E-state index is 0.232. The zero-order chi connectivity index (χ0) is 20.4. The number of amides is 1. The highest BCUT2D eigenvalue weighted by Gasteiger charge is 2.25. The number of nitrogens with zero attached hydrogens (tertiary/aromatic N) is 3. The molecule has 6 heteroatoms. The number of aromatic amines is 1. The zero-order valence-corrected chi connectivity index (χ0v) is 18.2. The maximum atomic E-state index is 12.6. The van der Waals surface area contributed by atoms with Gasteiger partial charge in [0, 0.05) is 24.3 Å². The fourth-order valence-electron chi connectivity index (χ4n) is 3.98. The van der Waals surface area contributed by atoms with Gasteiger partial charge in [-0.3, -0.25) is 4.79 Å². The van der Waals surface area contributed by atoms with Gasteiger partial charge < -0.3 is 9.88 Å². The lowest BCUT2D eigenvalue weighted by molar-refractivity contribution is -0.132. The second-order valence-electron chi connectivity index (χ2n) is 7.86. The Morgan fingerprint density at radius 3 is 2.83 bits per heavy atom. The van der Waals surface area contributed by atoms with Gasteiger partial charge in [0.25, 0.3) is 0 Å². The highest BCUT2D eigenvalue weighted by Crippen LogP contribution is 2.25. The third-order valence-electron chi connectivity index (χ3n) is 5.87. The van der Waals surface area contributed by atoms with Crippen molar-refractivity contribution in [3.63, 3.8) is 0 Å². The van der Waals surface area contributed by atoms with E-state index >= 15 is 0 Å². The van der Waals surface area contributed by atoms with Gasteiger partial charge in [0.1, 0.15) is 5.82 Å². The van der Waals surface area contributed by atoms with Gasteiger partial charge in [-0.25, -0.2) is 9.97 Å². The number of likely N-dealkylation sites (tertiary alicyclic amines) is 1. The first-order valence-corrected chi connectivity index (χ1v) is 11.4. The molecule has 29 heavy (non-hydrogen) atoms. The molecule has 4 rings (SSSR count). The average Bonchev–Trinajstić information content (AvgIpc) is 3.15. The molecule has 1 atom stereocenters. The number of hydrogen-bond donors (Lipinski definition) is 1. The van der Waals surface area contributed by atoms with E-state index in [1.54, 1.807) is 0 Å². The Kier molecular flexibility index (Phi) is 5.90. The van der Waals surface area contributed by atoms with Crippen molar-refractivity contribution in [2.24, 2.45) is 0 Å². The normalized spacial score (nSPS) is 17.1. The first-order chi connectivity index (χ1) is 14.0. The van der Waals surface area contributed by atoms with E-state index in [9.17, 15) is 4.79 Å². The molecule has 1 aromatic carbocycles. The van der Waals surface area contributed by atoms with Crippen molar-refractivity contribution < 1.29 is 4.79 Å². The molecule has 0 spiro atoms. The molecular formula is C23H28N4OS. The number of aryl methyl sites for hydroxylation is 2. The first kappa shape index (κ1) is 20.0. The SMILES string of the molecule is CC[C@@H]1CCCCN1C(=O)CSc1ccc(-c2nc3cc(C)c(C)cc3[nH]2)cn1. The summed E-state index contributed by atoms with van der Waals surface area (Å²) in [6.45, 7) is 7.28. The van der Waals surface area contributed by atoms with Crippen LogP contribution in [-0.4, -0.2) is 44.1 Å². The summed E-state index contributed by atoms with van der Waals surface area (Å²) in [5.74, 6) is 1.51. The minimum atomic E-state index is 0.232. The van der Waals surface area contributed by atoms with Crippen LogP contribution >= 0.6 is 11.8 Å². The van der Waals surface area contributed by atoms with Crippen LogP contribution in [0.15, 0.2) is 35.5 Å². The molecular weight excluding hydrogens is 380 g/mol. The van der Waals surface area contributed by atoms with Crippen molar-refractivity contribution in [1.82, 2.24) is 19.9 Å². The molecule has 3 heterocycles. The number of thioether (sulfide) groups is 1. The molecule has 2 aromatic heterocycles. The molecule has 0 saturated carbocycles. The Bertz CT molecular complexity index is 973. The minimum Gasteiger partial charge on any atom is -0.339 e. The fraction of sp³-hybridized carbons (Fsp3) is 0.435. The quantitative estimate of drug-likeness (QED) is 0.595. The van der Waals surface area contributed by atoms with Gasteiger partial charge in [0.05, 0.1) is 21.8 Å². The molecule has 0 unspecified atom stereocenters. The number of H-pyrrole nitrogens is 1. The number of benzene rings is 1. The number of carbonyl (C=O) groups excluding carboxylic acids is 1. The third-order valence-corrected chi connectivity index (χ3v) is 6.80. The molecule has 152 valence electrons. The lowest BCUT2D eigenvalue weighted by Gasteiger charge is -2.35. The Morgan fingerprint density at radius 1 is 1.24 bits per heavy atom. The first-order valence-electron chi connectivity index (χ1n) is 10.4.